The zero-order valence-corrected chi connectivity index (χ0v) is 35.9. The van der Waals surface area contributed by atoms with Gasteiger partial charge in [-0.15, -0.1) is 22.7 Å². The Hall–Kier alpha value is -1.93. The van der Waals surface area contributed by atoms with Gasteiger partial charge in [0.1, 0.15) is 20.1 Å². The molecule has 0 saturated heterocycles. The topological polar surface area (TPSA) is 81.2 Å². The van der Waals surface area contributed by atoms with E-state index in [9.17, 15) is 0 Å². The molecule has 0 bridgehead atoms. The SMILES string of the molecule is CCO[Si](OCC)(OCC)C1(c2nc3ccccc3s2)C=CC=CC1SSC1C=CC=CC1(c1nc2ccccc2s1)[Si](OCC)(OCC)OCC. The van der Waals surface area contributed by atoms with Crippen LogP contribution in [0.5, 0.6) is 0 Å². The Balaban J connectivity index is 1.52. The molecule has 14 heteroatoms. The molecule has 0 aliphatic heterocycles. The molecule has 0 spiro atoms. The first-order valence-corrected chi connectivity index (χ1v) is 25.4. The smallest absolute Gasteiger partial charge is 0.373 e. The fourth-order valence-corrected chi connectivity index (χ4v) is 21.7. The lowest BCUT2D eigenvalue weighted by molar-refractivity contribution is 0.0511. The van der Waals surface area contributed by atoms with Gasteiger partial charge in [-0.05, 0) is 65.8 Å². The van der Waals surface area contributed by atoms with Gasteiger partial charge in [-0.2, -0.15) is 0 Å². The summed E-state index contributed by atoms with van der Waals surface area (Å²) in [5, 5.41) is -0.124. The van der Waals surface area contributed by atoms with Crippen LogP contribution >= 0.6 is 44.3 Å². The highest BCUT2D eigenvalue weighted by molar-refractivity contribution is 8.77. The average molecular weight is 813 g/mol. The molecule has 4 aromatic rings. The van der Waals surface area contributed by atoms with Crippen molar-refractivity contribution >= 4 is 82.3 Å². The van der Waals surface area contributed by atoms with Crippen molar-refractivity contribution < 1.29 is 26.6 Å². The van der Waals surface area contributed by atoms with Crippen molar-refractivity contribution in [1.29, 1.82) is 0 Å². The van der Waals surface area contributed by atoms with Gasteiger partial charge in [0.15, 0.2) is 0 Å². The van der Waals surface area contributed by atoms with Crippen LogP contribution in [-0.2, 0) is 36.6 Å². The molecule has 6 rings (SSSR count). The number of benzene rings is 2. The van der Waals surface area contributed by atoms with Crippen molar-refractivity contribution in [3.8, 4) is 0 Å². The van der Waals surface area contributed by atoms with E-state index in [1.54, 1.807) is 44.3 Å². The maximum atomic E-state index is 6.79. The lowest BCUT2D eigenvalue weighted by atomic mass is 9.99. The second-order valence-electron chi connectivity index (χ2n) is 11.9. The molecule has 8 nitrogen and oxygen atoms in total. The largest absolute Gasteiger partial charge is 0.520 e. The van der Waals surface area contributed by atoms with Crippen molar-refractivity contribution in [2.24, 2.45) is 0 Å². The Labute approximate surface area is 325 Å². The summed E-state index contributed by atoms with van der Waals surface area (Å²) in [7, 11) is -3.49. The van der Waals surface area contributed by atoms with E-state index in [0.717, 1.165) is 30.4 Å². The van der Waals surface area contributed by atoms with Crippen molar-refractivity contribution in [1.82, 2.24) is 9.97 Å². The molecule has 52 heavy (non-hydrogen) atoms. The van der Waals surface area contributed by atoms with Crippen LogP contribution in [0.1, 0.15) is 51.6 Å². The number of allylic oxidation sites excluding steroid dienone is 6. The van der Waals surface area contributed by atoms with Crippen molar-refractivity contribution in [2.75, 3.05) is 39.6 Å². The van der Waals surface area contributed by atoms with E-state index in [1.165, 1.54) is 0 Å². The number of hydrogen-bond acceptors (Lipinski definition) is 12. The lowest BCUT2D eigenvalue weighted by Crippen LogP contribution is -2.67. The normalized spacial score (nSPS) is 23.3. The molecule has 2 aliphatic rings. The third kappa shape index (κ3) is 7.03. The van der Waals surface area contributed by atoms with E-state index >= 15 is 0 Å². The number of fused-ring (bicyclic) bond motifs is 2. The summed E-state index contributed by atoms with van der Waals surface area (Å²) < 4.78 is 42.9. The molecule has 4 unspecified atom stereocenters. The van der Waals surface area contributed by atoms with Gasteiger partial charge in [0.25, 0.3) is 0 Å². The molecule has 0 amide bonds. The minimum Gasteiger partial charge on any atom is -0.373 e. The van der Waals surface area contributed by atoms with Crippen LogP contribution < -0.4 is 0 Å². The monoisotopic (exact) mass is 812 g/mol. The first-order valence-electron chi connectivity index (χ1n) is 18.0. The predicted octanol–water partition coefficient (Wildman–Crippen LogP) is 9.63. The number of rotatable bonds is 19. The van der Waals surface area contributed by atoms with Crippen molar-refractivity contribution in [3.05, 3.63) is 107 Å². The summed E-state index contributed by atoms with van der Waals surface area (Å²) in [5.74, 6) is 0. The second kappa shape index (κ2) is 17.7. The van der Waals surface area contributed by atoms with Gasteiger partial charge in [-0.3, -0.25) is 0 Å². The van der Waals surface area contributed by atoms with E-state index in [4.69, 9.17) is 36.5 Å². The maximum absolute atomic E-state index is 6.79. The summed E-state index contributed by atoms with van der Waals surface area (Å²) in [6.45, 7) is 14.7. The van der Waals surface area contributed by atoms with Crippen LogP contribution in [0.3, 0.4) is 0 Å². The predicted molar refractivity (Wildman–Crippen MR) is 223 cm³/mol. The maximum Gasteiger partial charge on any atom is 0.520 e. The summed E-state index contributed by atoms with van der Waals surface area (Å²) in [4.78, 5) is 10.6. The quantitative estimate of drug-likeness (QED) is 0.0675. The molecule has 0 N–H and O–H groups in total. The number of aromatic nitrogens is 2. The van der Waals surface area contributed by atoms with Crippen LogP contribution in [0.25, 0.3) is 20.4 Å². The summed E-state index contributed by atoms with van der Waals surface area (Å²) in [6, 6.07) is 16.6. The molecular formula is C38H48N2O6S4Si2. The van der Waals surface area contributed by atoms with Gasteiger partial charge in [0.2, 0.25) is 0 Å². The third-order valence-electron chi connectivity index (χ3n) is 8.99. The van der Waals surface area contributed by atoms with Crippen LogP contribution in [0, 0.1) is 0 Å². The second-order valence-corrected chi connectivity index (χ2v) is 22.2. The third-order valence-corrected chi connectivity index (χ3v) is 22.8. The summed E-state index contributed by atoms with van der Waals surface area (Å²) in [6.07, 6.45) is 17.4. The Morgan fingerprint density at radius 1 is 0.538 bits per heavy atom. The molecule has 2 aromatic heterocycles. The molecular weight excluding hydrogens is 765 g/mol. The van der Waals surface area contributed by atoms with Gasteiger partial charge >= 0.3 is 17.6 Å². The number of nitrogens with zero attached hydrogens (tertiary/aromatic N) is 2. The van der Waals surface area contributed by atoms with Crippen LogP contribution in [0.2, 0.25) is 0 Å². The molecule has 2 aliphatic carbocycles. The van der Waals surface area contributed by atoms with Crippen LogP contribution in [-0.4, -0.2) is 77.7 Å². The van der Waals surface area contributed by atoms with E-state index in [1.807, 2.05) is 53.7 Å². The Kier molecular flexibility index (Phi) is 13.5. The van der Waals surface area contributed by atoms with Gasteiger partial charge < -0.3 is 26.6 Å². The van der Waals surface area contributed by atoms with Crippen LogP contribution in [0.4, 0.5) is 0 Å². The Morgan fingerprint density at radius 3 is 1.21 bits per heavy atom. The van der Waals surface area contributed by atoms with Gasteiger partial charge in [0, 0.05) is 39.6 Å². The standard InChI is InChI=1S/C38H48N2O6S4Si2/c1-7-41-51(42-8-2,43-9-3)37(35-39-29-21-13-15-23-31(29)47-35)27-19-17-25-33(37)49-50-34-26-18-20-28-38(34,52(44-10-4,45-11-5)46-12-6)36-40-30-22-14-16-24-32(30)48-36/h13-28,33-34H,7-12H2,1-6H3. The van der Waals surface area contributed by atoms with Gasteiger partial charge in [-0.1, -0.05) is 94.5 Å². The minimum atomic E-state index is -3.53. The highest BCUT2D eigenvalue weighted by atomic mass is 33.1. The van der Waals surface area contributed by atoms with Gasteiger partial charge in [-0.25, -0.2) is 9.97 Å². The summed E-state index contributed by atoms with van der Waals surface area (Å²) >= 11 is 3.37. The van der Waals surface area contributed by atoms with E-state index in [2.05, 4.69) is 85.0 Å². The van der Waals surface area contributed by atoms with Gasteiger partial charge in [0.05, 0.1) is 30.9 Å². The van der Waals surface area contributed by atoms with Crippen molar-refractivity contribution in [2.45, 2.75) is 62.1 Å². The highest BCUT2D eigenvalue weighted by Gasteiger charge is 2.69. The first-order chi connectivity index (χ1) is 25.4. The molecule has 278 valence electrons. The molecule has 0 radical (unpaired) electrons. The Morgan fingerprint density at radius 2 is 0.885 bits per heavy atom. The minimum absolute atomic E-state index is 0.172. The Bertz CT molecular complexity index is 1680. The summed E-state index contributed by atoms with van der Waals surface area (Å²) in [5.41, 5.74) is 1.90. The molecule has 0 fully saturated rings. The average Bonchev–Trinajstić information content (AvgIpc) is 3.80. The fourth-order valence-electron chi connectivity index (χ4n) is 6.98. The fraction of sp³-hybridized carbons (Fsp3) is 0.421. The first kappa shape index (κ1) is 39.8. The number of hydrogen-bond donors (Lipinski definition) is 0. The van der Waals surface area contributed by atoms with E-state index in [-0.39, 0.29) is 10.5 Å². The van der Waals surface area contributed by atoms with Crippen LogP contribution in [0.15, 0.2) is 97.1 Å². The zero-order chi connectivity index (χ0) is 36.7. The zero-order valence-electron chi connectivity index (χ0n) is 30.6. The molecule has 2 aromatic carbocycles. The van der Waals surface area contributed by atoms with E-state index < -0.39 is 27.7 Å². The number of thiazole rings is 2. The molecule has 4 atom stereocenters. The highest BCUT2D eigenvalue weighted by Crippen LogP contribution is 2.57. The lowest BCUT2D eigenvalue weighted by Gasteiger charge is -2.48. The number of para-hydroxylation sites is 2. The molecule has 0 saturated carbocycles. The van der Waals surface area contributed by atoms with E-state index in [0.29, 0.717) is 39.6 Å². The van der Waals surface area contributed by atoms with Crippen molar-refractivity contribution in [3.63, 3.8) is 0 Å². The molecule has 2 heterocycles.